The SMILES string of the molecule is CN(C)CC(=O)N1CCN(c2ccnc3cc(Br)cnc23)CC1. The quantitative estimate of drug-likeness (QED) is 0.812. The molecule has 23 heavy (non-hydrogen) atoms. The van der Waals surface area contributed by atoms with E-state index in [1.54, 1.807) is 6.20 Å². The number of carbonyl (C=O) groups excluding carboxylic acids is 1. The van der Waals surface area contributed by atoms with Crippen LogP contribution in [0, 0.1) is 0 Å². The molecule has 1 aliphatic rings. The highest BCUT2D eigenvalue weighted by molar-refractivity contribution is 9.10. The van der Waals surface area contributed by atoms with Gasteiger partial charge in [-0.3, -0.25) is 14.8 Å². The maximum Gasteiger partial charge on any atom is 0.236 e. The molecule has 1 fully saturated rings. The van der Waals surface area contributed by atoms with Crippen LogP contribution >= 0.6 is 15.9 Å². The number of hydrogen-bond donors (Lipinski definition) is 0. The largest absolute Gasteiger partial charge is 0.366 e. The first-order valence-corrected chi connectivity index (χ1v) is 8.41. The Morgan fingerprint density at radius 1 is 1.26 bits per heavy atom. The molecule has 6 nitrogen and oxygen atoms in total. The van der Waals surface area contributed by atoms with E-state index in [-0.39, 0.29) is 5.91 Å². The van der Waals surface area contributed by atoms with E-state index in [2.05, 4.69) is 30.8 Å². The summed E-state index contributed by atoms with van der Waals surface area (Å²) in [5, 5.41) is 0. The highest BCUT2D eigenvalue weighted by Gasteiger charge is 2.22. The second-order valence-electron chi connectivity index (χ2n) is 5.96. The van der Waals surface area contributed by atoms with Crippen LogP contribution in [0.15, 0.2) is 29.0 Å². The van der Waals surface area contributed by atoms with E-state index in [0.717, 1.165) is 47.4 Å². The molecule has 0 aromatic carbocycles. The van der Waals surface area contributed by atoms with Crippen molar-refractivity contribution >= 4 is 38.6 Å². The summed E-state index contributed by atoms with van der Waals surface area (Å²) in [4.78, 5) is 27.2. The van der Waals surface area contributed by atoms with Gasteiger partial charge in [0.1, 0.15) is 5.52 Å². The third-order valence-electron chi connectivity index (χ3n) is 3.95. The number of pyridine rings is 2. The van der Waals surface area contributed by atoms with Gasteiger partial charge < -0.3 is 14.7 Å². The Hall–Kier alpha value is -1.73. The van der Waals surface area contributed by atoms with Crippen LogP contribution in [0.1, 0.15) is 0 Å². The average Bonchev–Trinajstić information content (AvgIpc) is 2.53. The molecule has 0 saturated carbocycles. The van der Waals surface area contributed by atoms with Gasteiger partial charge in [-0.25, -0.2) is 0 Å². The lowest BCUT2D eigenvalue weighted by Crippen LogP contribution is -2.50. The number of aromatic nitrogens is 2. The molecule has 1 saturated heterocycles. The third-order valence-corrected chi connectivity index (χ3v) is 4.38. The summed E-state index contributed by atoms with van der Waals surface area (Å²) in [5.74, 6) is 0.191. The van der Waals surface area contributed by atoms with Crippen molar-refractivity contribution in [2.24, 2.45) is 0 Å². The third kappa shape index (κ3) is 3.61. The van der Waals surface area contributed by atoms with Crippen LogP contribution in [-0.4, -0.2) is 72.5 Å². The monoisotopic (exact) mass is 377 g/mol. The van der Waals surface area contributed by atoms with Crippen molar-refractivity contribution in [3.63, 3.8) is 0 Å². The van der Waals surface area contributed by atoms with Crippen molar-refractivity contribution in [1.82, 2.24) is 19.8 Å². The first kappa shape index (κ1) is 16.1. The van der Waals surface area contributed by atoms with Crippen molar-refractivity contribution in [2.75, 3.05) is 51.7 Å². The number of halogens is 1. The smallest absolute Gasteiger partial charge is 0.236 e. The van der Waals surface area contributed by atoms with Crippen molar-refractivity contribution in [2.45, 2.75) is 0 Å². The second kappa shape index (κ2) is 6.80. The summed E-state index contributed by atoms with van der Waals surface area (Å²) in [6.07, 6.45) is 3.61. The minimum atomic E-state index is 0.191. The van der Waals surface area contributed by atoms with E-state index < -0.39 is 0 Å². The number of fused-ring (bicyclic) bond motifs is 1. The van der Waals surface area contributed by atoms with Crippen molar-refractivity contribution in [3.8, 4) is 0 Å². The normalized spacial score (nSPS) is 15.5. The summed E-state index contributed by atoms with van der Waals surface area (Å²) in [5.41, 5.74) is 2.87. The molecule has 0 bridgehead atoms. The Morgan fingerprint density at radius 2 is 2.00 bits per heavy atom. The van der Waals surface area contributed by atoms with E-state index >= 15 is 0 Å². The van der Waals surface area contributed by atoms with Gasteiger partial charge in [0.05, 0.1) is 17.7 Å². The maximum absolute atomic E-state index is 12.1. The van der Waals surface area contributed by atoms with Gasteiger partial charge in [-0.1, -0.05) is 0 Å². The van der Waals surface area contributed by atoms with E-state index in [1.165, 1.54) is 0 Å². The molecule has 1 amide bonds. The van der Waals surface area contributed by atoms with Crippen molar-refractivity contribution in [1.29, 1.82) is 0 Å². The molecule has 1 aliphatic heterocycles. The van der Waals surface area contributed by atoms with Crippen LogP contribution in [-0.2, 0) is 4.79 Å². The van der Waals surface area contributed by atoms with Gasteiger partial charge in [-0.15, -0.1) is 0 Å². The molecule has 3 heterocycles. The number of carbonyl (C=O) groups is 1. The minimum absolute atomic E-state index is 0.191. The number of anilines is 1. The van der Waals surface area contributed by atoms with Crippen LogP contribution in [0.3, 0.4) is 0 Å². The predicted molar refractivity (Wildman–Crippen MR) is 94.6 cm³/mol. The summed E-state index contributed by atoms with van der Waals surface area (Å²) < 4.78 is 0.925. The van der Waals surface area contributed by atoms with Crippen LogP contribution in [0.2, 0.25) is 0 Å². The summed E-state index contributed by atoms with van der Waals surface area (Å²) in [7, 11) is 3.84. The molecule has 7 heteroatoms. The zero-order chi connectivity index (χ0) is 16.4. The second-order valence-corrected chi connectivity index (χ2v) is 6.87. The number of piperazine rings is 1. The molecule has 2 aromatic rings. The molecule has 0 N–H and O–H groups in total. The lowest BCUT2D eigenvalue weighted by Gasteiger charge is -2.36. The Bertz CT molecular complexity index is 713. The number of amides is 1. The molecule has 122 valence electrons. The average molecular weight is 378 g/mol. The van der Waals surface area contributed by atoms with Gasteiger partial charge in [-0.05, 0) is 42.2 Å². The van der Waals surface area contributed by atoms with E-state index in [0.29, 0.717) is 6.54 Å². The molecule has 0 spiro atoms. The number of nitrogens with zero attached hydrogens (tertiary/aromatic N) is 5. The fourth-order valence-electron chi connectivity index (χ4n) is 2.81. The molecular weight excluding hydrogens is 358 g/mol. The van der Waals surface area contributed by atoms with E-state index in [1.807, 2.05) is 42.2 Å². The van der Waals surface area contributed by atoms with Crippen LogP contribution < -0.4 is 4.90 Å². The molecule has 0 radical (unpaired) electrons. The predicted octanol–water partition coefficient (Wildman–Crippen LogP) is 1.60. The Morgan fingerprint density at radius 3 is 2.70 bits per heavy atom. The van der Waals surface area contributed by atoms with E-state index in [9.17, 15) is 4.79 Å². The van der Waals surface area contributed by atoms with Crippen LogP contribution in [0.4, 0.5) is 5.69 Å². The fourth-order valence-corrected chi connectivity index (χ4v) is 3.13. The van der Waals surface area contributed by atoms with Crippen molar-refractivity contribution in [3.05, 3.63) is 29.0 Å². The Balaban J connectivity index is 1.74. The fraction of sp³-hybridized carbons (Fsp3) is 0.438. The van der Waals surface area contributed by atoms with Gasteiger partial charge in [-0.2, -0.15) is 0 Å². The minimum Gasteiger partial charge on any atom is -0.366 e. The number of hydrogen-bond acceptors (Lipinski definition) is 5. The van der Waals surface area contributed by atoms with Gasteiger partial charge in [0.15, 0.2) is 0 Å². The highest BCUT2D eigenvalue weighted by atomic mass is 79.9. The molecule has 3 rings (SSSR count). The molecule has 2 aromatic heterocycles. The Kier molecular flexibility index (Phi) is 4.77. The van der Waals surface area contributed by atoms with Gasteiger partial charge in [0.2, 0.25) is 5.91 Å². The lowest BCUT2D eigenvalue weighted by molar-refractivity contribution is -0.132. The summed E-state index contributed by atoms with van der Waals surface area (Å²) in [6.45, 7) is 3.58. The first-order chi connectivity index (χ1) is 11.0. The molecular formula is C16H20BrN5O. The maximum atomic E-state index is 12.1. The van der Waals surface area contributed by atoms with Gasteiger partial charge in [0.25, 0.3) is 0 Å². The number of rotatable bonds is 3. The molecule has 0 atom stereocenters. The Labute approximate surface area is 144 Å². The van der Waals surface area contributed by atoms with Gasteiger partial charge in [0, 0.05) is 43.0 Å². The standard InChI is InChI=1S/C16H20BrN5O/c1-20(2)11-15(23)22-7-5-21(6-8-22)14-3-4-18-13-9-12(17)10-19-16(13)14/h3-4,9-10H,5-8,11H2,1-2H3. The molecule has 0 aliphatic carbocycles. The zero-order valence-corrected chi connectivity index (χ0v) is 15.0. The summed E-state index contributed by atoms with van der Waals surface area (Å²) >= 11 is 3.43. The first-order valence-electron chi connectivity index (χ1n) is 7.62. The molecule has 0 unspecified atom stereocenters. The summed E-state index contributed by atoms with van der Waals surface area (Å²) in [6, 6.07) is 3.98. The lowest BCUT2D eigenvalue weighted by atomic mass is 10.2. The topological polar surface area (TPSA) is 52.6 Å². The number of likely N-dealkylation sites (N-methyl/N-ethyl adjacent to an activating group) is 1. The van der Waals surface area contributed by atoms with Crippen LogP contribution in [0.25, 0.3) is 11.0 Å². The van der Waals surface area contributed by atoms with Crippen molar-refractivity contribution < 1.29 is 4.79 Å². The highest BCUT2D eigenvalue weighted by Crippen LogP contribution is 2.26. The van der Waals surface area contributed by atoms with Crippen LogP contribution in [0.5, 0.6) is 0 Å². The van der Waals surface area contributed by atoms with Gasteiger partial charge >= 0.3 is 0 Å². The van der Waals surface area contributed by atoms with E-state index in [4.69, 9.17) is 0 Å². The zero-order valence-electron chi connectivity index (χ0n) is 13.4.